The van der Waals surface area contributed by atoms with Crippen molar-refractivity contribution in [3.05, 3.63) is 363 Å². The number of nitrogens with zero attached hydrogens (tertiary/aromatic N) is 2. The number of anilines is 6. The molecule has 0 saturated heterocycles. The molecule has 0 saturated carbocycles. The van der Waals surface area contributed by atoms with Crippen LogP contribution < -0.4 is 9.80 Å². The van der Waals surface area contributed by atoms with Gasteiger partial charge in [0, 0.05) is 33.9 Å². The molecule has 450 valence electrons. The van der Waals surface area contributed by atoms with E-state index in [2.05, 4.69) is 375 Å². The Labute approximate surface area is 559 Å². The molecule has 2 heteroatoms. The molecule has 0 heterocycles. The van der Waals surface area contributed by atoms with Crippen molar-refractivity contribution in [1.82, 2.24) is 0 Å². The van der Waals surface area contributed by atoms with Gasteiger partial charge >= 0.3 is 0 Å². The van der Waals surface area contributed by atoms with E-state index >= 15 is 0 Å². The zero-order chi connectivity index (χ0) is 63.8. The van der Waals surface area contributed by atoms with E-state index in [0.29, 0.717) is 0 Å². The molecule has 0 aromatic heterocycles. The molecule has 18 aromatic rings. The Morgan fingerprint density at radius 1 is 0.167 bits per heavy atom. The molecule has 0 N–H and O–H groups in total. The topological polar surface area (TPSA) is 6.48 Å². The van der Waals surface area contributed by atoms with Crippen molar-refractivity contribution in [1.29, 1.82) is 0 Å². The molecule has 0 aliphatic heterocycles. The van der Waals surface area contributed by atoms with Crippen LogP contribution in [0.2, 0.25) is 0 Å². The standard InChI is InChI=1S/C94H64N2/c1-61-57-67(47-55-91(61)95(93-39-17-15-35-87(93)75-37-19-23-65-21-3-5-25-73(65)75)71-49-41-63(42-50-71)69-45-53-85-81-31-9-7-27-77(81)79-29-11-13-33-83(79)89(85)59-69)68-48-56-92(62(2)58-68)96(94-40-18-16-36-88(94)76-38-20-24-66-22-4-6-26-74(66)76)72-51-43-64(44-52-72)70-46-54-86-82-32-10-8-28-78(82)80-30-12-14-34-84(80)90(86)60-70/h3-60H,1-2H3. The summed E-state index contributed by atoms with van der Waals surface area (Å²) in [4.78, 5) is 4.93. The quantitative estimate of drug-likeness (QED) is 0.119. The molecule has 0 amide bonds. The number of benzene rings is 18. The molecule has 96 heavy (non-hydrogen) atoms. The molecule has 0 bridgehead atoms. The molecule has 18 rings (SSSR count). The first-order chi connectivity index (χ1) is 47.5. The Balaban J connectivity index is 0.737. The number of hydrogen-bond donors (Lipinski definition) is 0. The van der Waals surface area contributed by atoms with Crippen LogP contribution in [0.15, 0.2) is 352 Å². The summed E-state index contributed by atoms with van der Waals surface area (Å²) in [5.41, 5.74) is 20.7. The summed E-state index contributed by atoms with van der Waals surface area (Å²) >= 11 is 0. The lowest BCUT2D eigenvalue weighted by atomic mass is 9.92. The fraction of sp³-hybridized carbons (Fsp3) is 0.0213. The second kappa shape index (κ2) is 23.3. The zero-order valence-electron chi connectivity index (χ0n) is 53.4. The smallest absolute Gasteiger partial charge is 0.0540 e. The summed E-state index contributed by atoms with van der Waals surface area (Å²) in [6.07, 6.45) is 0. The zero-order valence-corrected chi connectivity index (χ0v) is 53.4. The van der Waals surface area contributed by atoms with Crippen molar-refractivity contribution in [2.75, 3.05) is 9.80 Å². The van der Waals surface area contributed by atoms with Gasteiger partial charge in [-0.3, -0.25) is 0 Å². The second-order valence-corrected chi connectivity index (χ2v) is 25.6. The monoisotopic (exact) mass is 1220 g/mol. The van der Waals surface area contributed by atoms with Gasteiger partial charge in [0.2, 0.25) is 0 Å². The highest BCUT2D eigenvalue weighted by Crippen LogP contribution is 2.49. The van der Waals surface area contributed by atoms with E-state index in [9.17, 15) is 0 Å². The minimum absolute atomic E-state index is 1.08. The molecule has 0 radical (unpaired) electrons. The van der Waals surface area contributed by atoms with Gasteiger partial charge < -0.3 is 9.80 Å². The molecule has 0 aliphatic carbocycles. The summed E-state index contributed by atoms with van der Waals surface area (Å²) in [7, 11) is 0. The molecule has 0 spiro atoms. The van der Waals surface area contributed by atoms with Crippen LogP contribution in [0.25, 0.3) is 142 Å². The van der Waals surface area contributed by atoms with Crippen molar-refractivity contribution in [3.8, 4) is 55.6 Å². The molecule has 0 unspecified atom stereocenters. The fourth-order valence-electron chi connectivity index (χ4n) is 15.5. The molecule has 0 aliphatic rings. The number of hydrogen-bond acceptors (Lipinski definition) is 2. The highest BCUT2D eigenvalue weighted by Gasteiger charge is 2.24. The molecule has 18 aromatic carbocycles. The molecule has 0 fully saturated rings. The Bertz CT molecular complexity index is 5660. The largest absolute Gasteiger partial charge is 0.310 e. The maximum atomic E-state index is 2.47. The summed E-state index contributed by atoms with van der Waals surface area (Å²) < 4.78 is 0. The van der Waals surface area contributed by atoms with Crippen molar-refractivity contribution in [2.45, 2.75) is 13.8 Å². The third-order valence-corrected chi connectivity index (χ3v) is 20.1. The van der Waals surface area contributed by atoms with E-state index in [1.807, 2.05) is 0 Å². The van der Waals surface area contributed by atoms with Crippen LogP contribution in [-0.4, -0.2) is 0 Å². The predicted octanol–water partition coefficient (Wildman–Crippen LogP) is 26.8. The predicted molar refractivity (Wildman–Crippen MR) is 413 cm³/mol. The minimum atomic E-state index is 1.08. The summed E-state index contributed by atoms with van der Waals surface area (Å²) in [6.45, 7) is 4.53. The number of aryl methyl sites for hydroxylation is 2. The average Bonchev–Trinajstić information content (AvgIpc) is 0.743. The Morgan fingerprint density at radius 2 is 0.427 bits per heavy atom. The van der Waals surface area contributed by atoms with E-state index in [1.54, 1.807) is 0 Å². The summed E-state index contributed by atoms with van der Waals surface area (Å²) in [6, 6.07) is 130. The van der Waals surface area contributed by atoms with Gasteiger partial charge in [0.25, 0.3) is 0 Å². The Hall–Kier alpha value is -12.4. The van der Waals surface area contributed by atoms with E-state index in [1.165, 1.54) is 142 Å². The van der Waals surface area contributed by atoms with E-state index in [0.717, 1.165) is 45.3 Å². The van der Waals surface area contributed by atoms with Crippen LogP contribution in [0.5, 0.6) is 0 Å². The average molecular weight is 1220 g/mol. The van der Waals surface area contributed by atoms with Gasteiger partial charge in [-0.15, -0.1) is 0 Å². The van der Waals surface area contributed by atoms with Crippen molar-refractivity contribution in [2.24, 2.45) is 0 Å². The lowest BCUT2D eigenvalue weighted by molar-refractivity contribution is 1.24. The first kappa shape index (κ1) is 56.4. The number of para-hydroxylation sites is 2. The first-order valence-corrected chi connectivity index (χ1v) is 33.3. The van der Waals surface area contributed by atoms with Gasteiger partial charge in [0.05, 0.1) is 11.4 Å². The Kier molecular flexibility index (Phi) is 13.7. The molecule has 0 atom stereocenters. The molecule has 2 nitrogen and oxygen atoms in total. The SMILES string of the molecule is Cc1cc(-c2ccc(N(c3ccc(-c4ccc5c6ccccc6c6ccccc6c5c4)cc3)c3ccccc3-c3cccc4ccccc34)c(C)c2)ccc1N(c1ccc(-c2ccc3c4ccccc4c4ccccc4c3c2)cc1)c1ccccc1-c1cccc2ccccc12. The van der Waals surface area contributed by atoms with Crippen LogP contribution in [0.1, 0.15) is 11.1 Å². The number of fused-ring (bicyclic) bond motifs is 14. The van der Waals surface area contributed by atoms with Crippen molar-refractivity contribution in [3.63, 3.8) is 0 Å². The third kappa shape index (κ3) is 9.56. The van der Waals surface area contributed by atoms with Crippen molar-refractivity contribution < 1.29 is 0 Å². The highest BCUT2D eigenvalue weighted by atomic mass is 15.2. The second-order valence-electron chi connectivity index (χ2n) is 25.6. The summed E-state index contributed by atoms with van der Waals surface area (Å²) in [5, 5.41) is 20.2. The van der Waals surface area contributed by atoms with E-state index < -0.39 is 0 Å². The van der Waals surface area contributed by atoms with Gasteiger partial charge in [-0.05, 0) is 228 Å². The first-order valence-electron chi connectivity index (χ1n) is 33.3. The molecular formula is C94H64N2. The number of rotatable bonds is 11. The van der Waals surface area contributed by atoms with Crippen LogP contribution in [-0.2, 0) is 0 Å². The summed E-state index contributed by atoms with van der Waals surface area (Å²) in [5.74, 6) is 0. The van der Waals surface area contributed by atoms with Gasteiger partial charge in [-0.2, -0.15) is 0 Å². The third-order valence-electron chi connectivity index (χ3n) is 20.1. The normalized spacial score (nSPS) is 11.6. The lowest BCUT2D eigenvalue weighted by Gasteiger charge is -2.30. The maximum absolute atomic E-state index is 2.47. The fourth-order valence-corrected chi connectivity index (χ4v) is 15.5. The maximum Gasteiger partial charge on any atom is 0.0540 e. The van der Waals surface area contributed by atoms with Gasteiger partial charge in [0.15, 0.2) is 0 Å². The van der Waals surface area contributed by atoms with Gasteiger partial charge in [-0.25, -0.2) is 0 Å². The molecular weight excluding hydrogens is 1160 g/mol. The van der Waals surface area contributed by atoms with Gasteiger partial charge in [0.1, 0.15) is 0 Å². The van der Waals surface area contributed by atoms with E-state index in [4.69, 9.17) is 0 Å². The lowest BCUT2D eigenvalue weighted by Crippen LogP contribution is -2.13. The van der Waals surface area contributed by atoms with Gasteiger partial charge in [-0.1, -0.05) is 279 Å². The van der Waals surface area contributed by atoms with Crippen molar-refractivity contribution >= 4 is 120 Å². The van der Waals surface area contributed by atoms with Crippen LogP contribution in [0.3, 0.4) is 0 Å². The minimum Gasteiger partial charge on any atom is -0.310 e. The Morgan fingerprint density at radius 3 is 0.792 bits per heavy atom. The van der Waals surface area contributed by atoms with Crippen LogP contribution in [0, 0.1) is 13.8 Å². The van der Waals surface area contributed by atoms with Crippen LogP contribution in [0.4, 0.5) is 34.1 Å². The van der Waals surface area contributed by atoms with Crippen LogP contribution >= 0.6 is 0 Å². The van der Waals surface area contributed by atoms with E-state index in [-0.39, 0.29) is 0 Å². The highest BCUT2D eigenvalue weighted by molar-refractivity contribution is 6.27.